The Hall–Kier alpha value is -1.28. The largest absolute Gasteiger partial charge is 0.494 e. The highest BCUT2D eigenvalue weighted by atomic mass is 16.5. The third-order valence-corrected chi connectivity index (χ3v) is 5.07. The highest BCUT2D eigenvalue weighted by Crippen LogP contribution is 2.18. The van der Waals surface area contributed by atoms with Gasteiger partial charge in [-0.15, -0.1) is 0 Å². The second kappa shape index (κ2) is 21.0. The van der Waals surface area contributed by atoms with Gasteiger partial charge in [-0.1, -0.05) is 117 Å². The van der Waals surface area contributed by atoms with E-state index >= 15 is 0 Å². The van der Waals surface area contributed by atoms with E-state index in [1.165, 1.54) is 37.7 Å². The summed E-state index contributed by atoms with van der Waals surface area (Å²) in [7, 11) is 0. The fraction of sp³-hybridized carbons (Fsp3) is 0.714. The van der Waals surface area contributed by atoms with Crippen molar-refractivity contribution in [1.29, 1.82) is 0 Å². The molecule has 0 spiro atoms. The van der Waals surface area contributed by atoms with Crippen molar-refractivity contribution >= 4 is 0 Å². The number of aliphatic hydroxyl groups is 1. The van der Waals surface area contributed by atoms with Crippen molar-refractivity contribution in [3.63, 3.8) is 0 Å². The standard InChI is InChI=1S/C18H28O.C8H18O.C2H6/c1-4-5-10-16(2)11-9-12-17(3)19-15-18-13-7-6-8-14-18;1-4-6-8(3,9)7-5-2;1-2/h6-8,13-14,16H,3-5,9-12,15H2,1-2H3;9H,4-7H2,1-3H3;1-2H3. The first-order valence-corrected chi connectivity index (χ1v) is 12.4. The van der Waals surface area contributed by atoms with Crippen LogP contribution < -0.4 is 0 Å². The van der Waals surface area contributed by atoms with Gasteiger partial charge in [-0.2, -0.15) is 0 Å². The Kier molecular flexibility index (Phi) is 21.6. The summed E-state index contributed by atoms with van der Waals surface area (Å²) in [5.74, 6) is 1.76. The number of hydrogen-bond acceptors (Lipinski definition) is 2. The van der Waals surface area contributed by atoms with Crippen LogP contribution in [0.4, 0.5) is 0 Å². The Balaban J connectivity index is 0. The van der Waals surface area contributed by atoms with E-state index in [1.54, 1.807) is 0 Å². The predicted octanol–water partition coefficient (Wildman–Crippen LogP) is 9.08. The van der Waals surface area contributed by atoms with Crippen LogP contribution in [0.3, 0.4) is 0 Å². The van der Waals surface area contributed by atoms with Gasteiger partial charge in [0, 0.05) is 6.42 Å². The lowest BCUT2D eigenvalue weighted by molar-refractivity contribution is 0.0406. The smallest absolute Gasteiger partial charge is 0.113 e. The zero-order valence-corrected chi connectivity index (χ0v) is 21.3. The molecule has 0 fully saturated rings. The lowest BCUT2D eigenvalue weighted by Gasteiger charge is -2.21. The molecule has 0 aliphatic heterocycles. The molecule has 0 heterocycles. The molecule has 0 aliphatic carbocycles. The lowest BCUT2D eigenvalue weighted by Crippen LogP contribution is -2.22. The summed E-state index contributed by atoms with van der Waals surface area (Å²) in [6.07, 6.45) is 11.5. The Labute approximate surface area is 189 Å². The molecular weight excluding hydrogens is 368 g/mol. The van der Waals surface area contributed by atoms with Crippen LogP contribution >= 0.6 is 0 Å². The van der Waals surface area contributed by atoms with Crippen molar-refractivity contribution < 1.29 is 9.84 Å². The minimum atomic E-state index is -0.399. The molecule has 0 aromatic heterocycles. The van der Waals surface area contributed by atoms with Crippen LogP contribution in [0, 0.1) is 5.92 Å². The summed E-state index contributed by atoms with van der Waals surface area (Å²) in [6, 6.07) is 10.3. The summed E-state index contributed by atoms with van der Waals surface area (Å²) < 4.78 is 5.70. The Bertz CT molecular complexity index is 471. The normalized spacial score (nSPS) is 11.5. The number of rotatable bonds is 14. The number of hydrogen-bond donors (Lipinski definition) is 1. The van der Waals surface area contributed by atoms with Crippen molar-refractivity contribution in [2.24, 2.45) is 5.92 Å². The second-order valence-electron chi connectivity index (χ2n) is 8.45. The van der Waals surface area contributed by atoms with E-state index in [0.29, 0.717) is 6.61 Å². The first-order chi connectivity index (χ1) is 14.3. The molecule has 0 amide bonds. The molecule has 1 rings (SSSR count). The monoisotopic (exact) mass is 420 g/mol. The molecule has 176 valence electrons. The molecule has 1 N–H and O–H groups in total. The Morgan fingerprint density at radius 3 is 2.00 bits per heavy atom. The zero-order valence-electron chi connectivity index (χ0n) is 21.3. The van der Waals surface area contributed by atoms with Gasteiger partial charge in [0.1, 0.15) is 6.61 Å². The minimum Gasteiger partial charge on any atom is -0.494 e. The highest BCUT2D eigenvalue weighted by Gasteiger charge is 2.16. The van der Waals surface area contributed by atoms with Crippen molar-refractivity contribution in [1.82, 2.24) is 0 Å². The maximum Gasteiger partial charge on any atom is 0.113 e. The van der Waals surface area contributed by atoms with E-state index < -0.39 is 5.60 Å². The Morgan fingerprint density at radius 2 is 1.50 bits per heavy atom. The Morgan fingerprint density at radius 1 is 0.967 bits per heavy atom. The average Bonchev–Trinajstić information content (AvgIpc) is 2.73. The zero-order chi connectivity index (χ0) is 23.3. The summed E-state index contributed by atoms with van der Waals surface area (Å²) in [6.45, 7) is 19.4. The van der Waals surface area contributed by atoms with Gasteiger partial charge in [-0.05, 0) is 37.7 Å². The third-order valence-electron chi connectivity index (χ3n) is 5.07. The molecule has 0 radical (unpaired) electrons. The number of ether oxygens (including phenoxy) is 1. The molecule has 1 unspecified atom stereocenters. The number of allylic oxidation sites excluding steroid dienone is 1. The van der Waals surface area contributed by atoms with Crippen LogP contribution in [0.2, 0.25) is 0 Å². The van der Waals surface area contributed by atoms with Crippen LogP contribution in [0.1, 0.15) is 118 Å². The topological polar surface area (TPSA) is 29.5 Å². The molecular formula is C28H52O2. The maximum absolute atomic E-state index is 9.51. The fourth-order valence-corrected chi connectivity index (χ4v) is 3.38. The second-order valence-corrected chi connectivity index (χ2v) is 8.45. The molecule has 1 atom stereocenters. The van der Waals surface area contributed by atoms with E-state index in [-0.39, 0.29) is 0 Å². The SMILES string of the molecule is C=C(CCCC(C)CCCC)OCc1ccccc1.CC.CCCC(C)(O)CCC. The van der Waals surface area contributed by atoms with E-state index in [1.807, 2.05) is 39.0 Å². The highest BCUT2D eigenvalue weighted by molar-refractivity contribution is 5.13. The van der Waals surface area contributed by atoms with Crippen LogP contribution in [-0.4, -0.2) is 10.7 Å². The molecule has 2 heteroatoms. The van der Waals surface area contributed by atoms with Gasteiger partial charge >= 0.3 is 0 Å². The fourth-order valence-electron chi connectivity index (χ4n) is 3.38. The van der Waals surface area contributed by atoms with Gasteiger partial charge in [-0.3, -0.25) is 0 Å². The van der Waals surface area contributed by atoms with E-state index in [4.69, 9.17) is 4.74 Å². The van der Waals surface area contributed by atoms with Crippen LogP contribution in [-0.2, 0) is 11.3 Å². The molecule has 2 nitrogen and oxygen atoms in total. The van der Waals surface area contributed by atoms with Crippen LogP contribution in [0.15, 0.2) is 42.7 Å². The van der Waals surface area contributed by atoms with Gasteiger partial charge in [0.2, 0.25) is 0 Å². The lowest BCUT2D eigenvalue weighted by atomic mass is 9.95. The van der Waals surface area contributed by atoms with E-state index in [0.717, 1.165) is 43.8 Å². The molecule has 30 heavy (non-hydrogen) atoms. The summed E-state index contributed by atoms with van der Waals surface area (Å²) >= 11 is 0. The van der Waals surface area contributed by atoms with Gasteiger partial charge < -0.3 is 9.84 Å². The quantitative estimate of drug-likeness (QED) is 0.304. The maximum atomic E-state index is 9.51. The van der Waals surface area contributed by atoms with E-state index in [2.05, 4.69) is 46.4 Å². The summed E-state index contributed by atoms with van der Waals surface area (Å²) in [5.41, 5.74) is 0.809. The average molecular weight is 421 g/mol. The van der Waals surface area contributed by atoms with Crippen molar-refractivity contribution in [2.45, 2.75) is 125 Å². The van der Waals surface area contributed by atoms with Gasteiger partial charge in [0.15, 0.2) is 0 Å². The van der Waals surface area contributed by atoms with Gasteiger partial charge in [0.25, 0.3) is 0 Å². The molecule has 0 aliphatic rings. The third kappa shape index (κ3) is 20.0. The first-order valence-electron chi connectivity index (χ1n) is 12.4. The van der Waals surface area contributed by atoms with Gasteiger partial charge in [0.05, 0.1) is 11.4 Å². The first kappa shape index (κ1) is 30.9. The minimum absolute atomic E-state index is 0.399. The molecule has 0 saturated heterocycles. The van der Waals surface area contributed by atoms with Crippen LogP contribution in [0.25, 0.3) is 0 Å². The number of benzene rings is 1. The van der Waals surface area contributed by atoms with Crippen LogP contribution in [0.5, 0.6) is 0 Å². The predicted molar refractivity (Wildman–Crippen MR) is 135 cm³/mol. The molecule has 1 aromatic carbocycles. The van der Waals surface area contributed by atoms with Crippen molar-refractivity contribution in [3.05, 3.63) is 48.2 Å². The molecule has 1 aromatic rings. The van der Waals surface area contributed by atoms with Crippen molar-refractivity contribution in [3.8, 4) is 0 Å². The van der Waals surface area contributed by atoms with Gasteiger partial charge in [-0.25, -0.2) is 0 Å². The van der Waals surface area contributed by atoms with Crippen molar-refractivity contribution in [2.75, 3.05) is 0 Å². The summed E-state index contributed by atoms with van der Waals surface area (Å²) in [4.78, 5) is 0. The summed E-state index contributed by atoms with van der Waals surface area (Å²) in [5, 5.41) is 9.51. The van der Waals surface area contributed by atoms with E-state index in [9.17, 15) is 5.11 Å². The number of unbranched alkanes of at least 4 members (excludes halogenated alkanes) is 1. The molecule has 0 saturated carbocycles. The molecule has 0 bridgehead atoms.